The highest BCUT2D eigenvalue weighted by Crippen LogP contribution is 2.14. The smallest absolute Gasteiger partial charge is 0.337 e. The molecule has 0 atom stereocenters. The molecule has 0 bridgehead atoms. The van der Waals surface area contributed by atoms with Gasteiger partial charge in [-0.1, -0.05) is 18.2 Å². The van der Waals surface area contributed by atoms with Crippen LogP contribution in [0, 0.1) is 0 Å². The number of nitrogen functional groups attached to an aromatic ring is 1. The van der Waals surface area contributed by atoms with Gasteiger partial charge < -0.3 is 16.6 Å². The number of nitrogens with two attached hydrogens (primary N) is 2. The number of aromatic carboxylic acids is 1. The van der Waals surface area contributed by atoms with Crippen molar-refractivity contribution in [1.29, 1.82) is 0 Å². The Hall–Kier alpha value is -1.81. The predicted molar refractivity (Wildman–Crippen MR) is 55.9 cm³/mol. The Labute approximate surface area is 81.8 Å². The van der Waals surface area contributed by atoms with E-state index in [9.17, 15) is 4.79 Å². The minimum Gasteiger partial charge on any atom is -0.478 e. The second-order valence-electron chi connectivity index (χ2n) is 2.79. The molecule has 0 fully saturated rings. The van der Waals surface area contributed by atoms with Crippen LogP contribution in [0.1, 0.15) is 15.9 Å². The van der Waals surface area contributed by atoms with Crippen molar-refractivity contribution in [2.45, 2.75) is 0 Å². The molecule has 1 rings (SSSR count). The van der Waals surface area contributed by atoms with Crippen LogP contribution in [-0.2, 0) is 0 Å². The molecule has 4 nitrogen and oxygen atoms in total. The van der Waals surface area contributed by atoms with Crippen molar-refractivity contribution in [3.63, 3.8) is 0 Å². The van der Waals surface area contributed by atoms with Gasteiger partial charge in [0.15, 0.2) is 0 Å². The van der Waals surface area contributed by atoms with Gasteiger partial charge in [-0.15, -0.1) is 0 Å². The van der Waals surface area contributed by atoms with Crippen molar-refractivity contribution in [2.24, 2.45) is 5.73 Å². The number of anilines is 1. The molecule has 0 aliphatic rings. The molecule has 0 spiro atoms. The van der Waals surface area contributed by atoms with E-state index in [2.05, 4.69) is 0 Å². The maximum Gasteiger partial charge on any atom is 0.337 e. The number of rotatable bonds is 3. The summed E-state index contributed by atoms with van der Waals surface area (Å²) >= 11 is 0. The van der Waals surface area contributed by atoms with Crippen LogP contribution in [0.2, 0.25) is 0 Å². The van der Waals surface area contributed by atoms with Gasteiger partial charge in [-0.05, 0) is 17.7 Å². The first kappa shape index (κ1) is 10.3. The van der Waals surface area contributed by atoms with E-state index in [-0.39, 0.29) is 11.3 Å². The molecular formula is C10H12N2O2. The molecule has 5 N–H and O–H groups in total. The third-order valence-electron chi connectivity index (χ3n) is 1.75. The van der Waals surface area contributed by atoms with E-state index in [0.717, 1.165) is 5.56 Å². The van der Waals surface area contributed by atoms with Crippen LogP contribution in [0.15, 0.2) is 24.3 Å². The van der Waals surface area contributed by atoms with Gasteiger partial charge in [0.05, 0.1) is 5.56 Å². The lowest BCUT2D eigenvalue weighted by Gasteiger charge is -2.01. The molecule has 0 radical (unpaired) electrons. The Morgan fingerprint density at radius 2 is 2.21 bits per heavy atom. The molecule has 14 heavy (non-hydrogen) atoms. The van der Waals surface area contributed by atoms with E-state index in [4.69, 9.17) is 16.6 Å². The van der Waals surface area contributed by atoms with Gasteiger partial charge in [0.1, 0.15) is 0 Å². The van der Waals surface area contributed by atoms with Crippen LogP contribution in [0.3, 0.4) is 0 Å². The zero-order valence-corrected chi connectivity index (χ0v) is 7.60. The number of hydrogen-bond acceptors (Lipinski definition) is 3. The first-order valence-corrected chi connectivity index (χ1v) is 4.14. The standard InChI is InChI=1S/C10H12N2O2/c11-5-1-2-7-3-4-9(12)8(6-7)10(13)14/h1-4,6H,5,11-12H2,(H,13,14). The Kier molecular flexibility index (Phi) is 3.25. The Balaban J connectivity index is 3.06. The normalized spacial score (nSPS) is 10.6. The van der Waals surface area contributed by atoms with E-state index in [1.165, 1.54) is 6.07 Å². The lowest BCUT2D eigenvalue weighted by molar-refractivity contribution is 0.0698. The fraction of sp³-hybridized carbons (Fsp3) is 0.100. The molecule has 0 aliphatic carbocycles. The summed E-state index contributed by atoms with van der Waals surface area (Å²) in [6.07, 6.45) is 3.50. The monoisotopic (exact) mass is 192 g/mol. The zero-order chi connectivity index (χ0) is 10.6. The van der Waals surface area contributed by atoms with E-state index in [1.807, 2.05) is 0 Å². The van der Waals surface area contributed by atoms with Gasteiger partial charge in [-0.2, -0.15) is 0 Å². The largest absolute Gasteiger partial charge is 0.478 e. The van der Waals surface area contributed by atoms with Gasteiger partial charge in [0, 0.05) is 12.2 Å². The first-order chi connectivity index (χ1) is 6.65. The molecule has 0 saturated heterocycles. The second kappa shape index (κ2) is 4.43. The van der Waals surface area contributed by atoms with Gasteiger partial charge in [0.2, 0.25) is 0 Å². The predicted octanol–water partition coefficient (Wildman–Crippen LogP) is 0.939. The highest BCUT2D eigenvalue weighted by atomic mass is 16.4. The number of carboxylic acid groups (broad SMARTS) is 1. The van der Waals surface area contributed by atoms with Gasteiger partial charge in [-0.25, -0.2) is 4.79 Å². The fourth-order valence-corrected chi connectivity index (χ4v) is 1.07. The van der Waals surface area contributed by atoms with Crippen LogP contribution in [0.4, 0.5) is 5.69 Å². The van der Waals surface area contributed by atoms with Crippen molar-refractivity contribution in [3.05, 3.63) is 35.4 Å². The maximum absolute atomic E-state index is 10.7. The number of benzene rings is 1. The van der Waals surface area contributed by atoms with Crippen molar-refractivity contribution < 1.29 is 9.90 Å². The van der Waals surface area contributed by atoms with Gasteiger partial charge >= 0.3 is 5.97 Å². The quantitative estimate of drug-likeness (QED) is 0.622. The highest BCUT2D eigenvalue weighted by Gasteiger charge is 2.06. The highest BCUT2D eigenvalue weighted by molar-refractivity contribution is 5.94. The topological polar surface area (TPSA) is 89.3 Å². The third kappa shape index (κ3) is 2.34. The minimum atomic E-state index is -1.02. The summed E-state index contributed by atoms with van der Waals surface area (Å²) in [5, 5.41) is 8.79. The first-order valence-electron chi connectivity index (χ1n) is 4.14. The maximum atomic E-state index is 10.7. The van der Waals surface area contributed by atoms with E-state index in [1.54, 1.807) is 24.3 Å². The Morgan fingerprint density at radius 3 is 2.79 bits per heavy atom. The van der Waals surface area contributed by atoms with Crippen molar-refractivity contribution in [3.8, 4) is 0 Å². The summed E-state index contributed by atoms with van der Waals surface area (Å²) in [4.78, 5) is 10.7. The zero-order valence-electron chi connectivity index (χ0n) is 7.60. The van der Waals surface area contributed by atoms with Crippen LogP contribution < -0.4 is 11.5 Å². The average molecular weight is 192 g/mol. The number of carboxylic acids is 1. The van der Waals surface area contributed by atoms with Crippen molar-refractivity contribution in [1.82, 2.24) is 0 Å². The summed E-state index contributed by atoms with van der Waals surface area (Å²) in [5.74, 6) is -1.02. The SMILES string of the molecule is NCC=Cc1ccc(N)c(C(=O)O)c1. The average Bonchev–Trinajstić information content (AvgIpc) is 2.16. The van der Waals surface area contributed by atoms with E-state index in [0.29, 0.717) is 6.54 Å². The molecule has 0 amide bonds. The summed E-state index contributed by atoms with van der Waals surface area (Å²) in [7, 11) is 0. The minimum absolute atomic E-state index is 0.115. The summed E-state index contributed by atoms with van der Waals surface area (Å²) in [6, 6.07) is 4.83. The van der Waals surface area contributed by atoms with Crippen LogP contribution in [0.25, 0.3) is 6.08 Å². The fourth-order valence-electron chi connectivity index (χ4n) is 1.07. The van der Waals surface area contributed by atoms with E-state index < -0.39 is 5.97 Å². The lowest BCUT2D eigenvalue weighted by Crippen LogP contribution is -2.02. The molecular weight excluding hydrogens is 180 g/mol. The van der Waals surface area contributed by atoms with Crippen LogP contribution in [0.5, 0.6) is 0 Å². The lowest BCUT2D eigenvalue weighted by atomic mass is 10.1. The molecule has 0 aliphatic heterocycles. The van der Waals surface area contributed by atoms with Crippen LogP contribution in [-0.4, -0.2) is 17.6 Å². The molecule has 0 heterocycles. The molecule has 0 aromatic heterocycles. The van der Waals surface area contributed by atoms with Crippen molar-refractivity contribution >= 4 is 17.7 Å². The van der Waals surface area contributed by atoms with Gasteiger partial charge in [0.25, 0.3) is 0 Å². The van der Waals surface area contributed by atoms with Crippen LogP contribution >= 0.6 is 0 Å². The summed E-state index contributed by atoms with van der Waals surface area (Å²) < 4.78 is 0. The third-order valence-corrected chi connectivity index (χ3v) is 1.75. The summed E-state index contributed by atoms with van der Waals surface area (Å²) in [5.41, 5.74) is 11.9. The Morgan fingerprint density at radius 1 is 1.50 bits per heavy atom. The molecule has 74 valence electrons. The number of hydrogen-bond donors (Lipinski definition) is 3. The van der Waals surface area contributed by atoms with E-state index >= 15 is 0 Å². The molecule has 0 unspecified atom stereocenters. The molecule has 1 aromatic carbocycles. The van der Waals surface area contributed by atoms with Gasteiger partial charge in [-0.3, -0.25) is 0 Å². The Bertz CT molecular complexity index is 372. The molecule has 4 heteroatoms. The molecule has 1 aromatic rings. The second-order valence-corrected chi connectivity index (χ2v) is 2.79. The molecule has 0 saturated carbocycles. The summed E-state index contributed by atoms with van der Waals surface area (Å²) in [6.45, 7) is 0.423. The van der Waals surface area contributed by atoms with Crippen molar-refractivity contribution in [2.75, 3.05) is 12.3 Å². The number of carbonyl (C=O) groups is 1.